The highest BCUT2D eigenvalue weighted by Crippen LogP contribution is 2.37. The van der Waals surface area contributed by atoms with Gasteiger partial charge in [0, 0.05) is 4.90 Å². The summed E-state index contributed by atoms with van der Waals surface area (Å²) in [5, 5.41) is 16.8. The summed E-state index contributed by atoms with van der Waals surface area (Å²) in [6, 6.07) is 4.25. The predicted molar refractivity (Wildman–Crippen MR) is 83.1 cm³/mol. The molecule has 4 N–H and O–H groups in total. The van der Waals surface area contributed by atoms with Crippen LogP contribution in [0.1, 0.15) is 16.1 Å². The summed E-state index contributed by atoms with van der Waals surface area (Å²) >= 11 is 10.0. The Labute approximate surface area is 136 Å². The number of hydrogen-bond acceptors (Lipinski definition) is 6. The number of nitrogens with one attached hydrogen (secondary N) is 1. The standard InChI is InChI=1S/C12H11ClN2O5S2/c13-9-8(22(14,18)19)4-7(12(16)17)10(11(9)21)15-5-6-2-1-3-20-6/h1-4,15,21H,5H2,(H,16,17)(H2,14,18,19). The Bertz CT molecular complexity index is 819. The number of carboxylic acid groups (broad SMARTS) is 1. The number of hydrogen-bond donors (Lipinski definition) is 4. The monoisotopic (exact) mass is 362 g/mol. The minimum atomic E-state index is -4.18. The van der Waals surface area contributed by atoms with Gasteiger partial charge in [0.2, 0.25) is 10.0 Å². The first-order chi connectivity index (χ1) is 10.2. The third kappa shape index (κ3) is 3.38. The zero-order valence-electron chi connectivity index (χ0n) is 10.9. The SMILES string of the molecule is NS(=O)(=O)c1cc(C(=O)O)c(NCc2ccco2)c(S)c1Cl. The van der Waals surface area contributed by atoms with Crippen LogP contribution in [-0.2, 0) is 16.6 Å². The van der Waals surface area contributed by atoms with Crippen molar-refractivity contribution in [1.82, 2.24) is 0 Å². The summed E-state index contributed by atoms with van der Waals surface area (Å²) in [4.78, 5) is 10.8. The lowest BCUT2D eigenvalue weighted by molar-refractivity contribution is 0.0697. The first kappa shape index (κ1) is 16.7. The van der Waals surface area contributed by atoms with Crippen molar-refractivity contribution in [1.29, 1.82) is 0 Å². The van der Waals surface area contributed by atoms with Gasteiger partial charge in [-0.1, -0.05) is 11.6 Å². The molecular formula is C12H11ClN2O5S2. The van der Waals surface area contributed by atoms with E-state index in [1.54, 1.807) is 12.1 Å². The van der Waals surface area contributed by atoms with Crippen molar-refractivity contribution in [3.63, 3.8) is 0 Å². The number of anilines is 1. The fourth-order valence-corrected chi connectivity index (χ4v) is 3.27. The number of aromatic carboxylic acids is 1. The second kappa shape index (κ2) is 6.21. The molecule has 1 aromatic heterocycles. The van der Waals surface area contributed by atoms with Gasteiger partial charge in [0.15, 0.2) is 0 Å². The van der Waals surface area contributed by atoms with Gasteiger partial charge in [-0.25, -0.2) is 18.4 Å². The van der Waals surface area contributed by atoms with E-state index < -0.39 is 20.9 Å². The van der Waals surface area contributed by atoms with Gasteiger partial charge in [0.1, 0.15) is 10.7 Å². The molecular weight excluding hydrogens is 352 g/mol. The average Bonchev–Trinajstić information content (AvgIpc) is 2.91. The van der Waals surface area contributed by atoms with Gasteiger partial charge in [-0.05, 0) is 18.2 Å². The average molecular weight is 363 g/mol. The van der Waals surface area contributed by atoms with Gasteiger partial charge in [-0.2, -0.15) is 0 Å². The number of benzene rings is 1. The van der Waals surface area contributed by atoms with E-state index in [1.807, 2.05) is 0 Å². The quantitative estimate of drug-likeness (QED) is 0.604. The molecule has 2 rings (SSSR count). The molecule has 22 heavy (non-hydrogen) atoms. The highest BCUT2D eigenvalue weighted by atomic mass is 35.5. The first-order valence-electron chi connectivity index (χ1n) is 5.79. The molecule has 0 bridgehead atoms. The number of rotatable bonds is 5. The second-order valence-corrected chi connectivity index (χ2v) is 6.60. The van der Waals surface area contributed by atoms with Crippen molar-refractivity contribution in [3.05, 3.63) is 40.8 Å². The topological polar surface area (TPSA) is 123 Å². The van der Waals surface area contributed by atoms with Gasteiger partial charge in [-0.15, -0.1) is 12.6 Å². The Morgan fingerprint density at radius 1 is 1.50 bits per heavy atom. The van der Waals surface area contributed by atoms with E-state index in [0.29, 0.717) is 5.76 Å². The molecule has 0 saturated heterocycles. The van der Waals surface area contributed by atoms with E-state index in [-0.39, 0.29) is 27.7 Å². The third-order valence-corrected chi connectivity index (χ3v) is 4.78. The van der Waals surface area contributed by atoms with Crippen LogP contribution in [0.4, 0.5) is 5.69 Å². The number of halogens is 1. The minimum Gasteiger partial charge on any atom is -0.478 e. The van der Waals surface area contributed by atoms with Gasteiger partial charge in [0.05, 0.1) is 29.1 Å². The minimum absolute atomic E-state index is 0.0304. The van der Waals surface area contributed by atoms with Crippen molar-refractivity contribution < 1.29 is 22.7 Å². The maximum absolute atomic E-state index is 11.5. The largest absolute Gasteiger partial charge is 0.478 e. The number of carboxylic acids is 1. The second-order valence-electron chi connectivity index (χ2n) is 4.24. The van der Waals surface area contributed by atoms with E-state index >= 15 is 0 Å². The van der Waals surface area contributed by atoms with Gasteiger partial charge in [0.25, 0.3) is 0 Å². The lowest BCUT2D eigenvalue weighted by Crippen LogP contribution is -2.16. The number of furan rings is 1. The van der Waals surface area contributed by atoms with Crippen molar-refractivity contribution in [2.45, 2.75) is 16.3 Å². The Morgan fingerprint density at radius 3 is 2.68 bits per heavy atom. The molecule has 1 heterocycles. The van der Waals surface area contributed by atoms with Crippen LogP contribution in [0, 0.1) is 0 Å². The third-order valence-electron chi connectivity index (χ3n) is 2.76. The molecule has 0 spiro atoms. The van der Waals surface area contributed by atoms with Crippen molar-refractivity contribution in [2.24, 2.45) is 5.14 Å². The molecule has 0 amide bonds. The maximum Gasteiger partial charge on any atom is 0.337 e. The zero-order chi connectivity index (χ0) is 16.5. The summed E-state index contributed by atoms with van der Waals surface area (Å²) in [6.45, 7) is 0.173. The molecule has 1 aromatic carbocycles. The van der Waals surface area contributed by atoms with Crippen LogP contribution in [0.2, 0.25) is 5.02 Å². The van der Waals surface area contributed by atoms with E-state index in [1.165, 1.54) is 6.26 Å². The number of primary sulfonamides is 1. The predicted octanol–water partition coefficient (Wildman–Crippen LogP) is 2.18. The molecule has 7 nitrogen and oxygen atoms in total. The smallest absolute Gasteiger partial charge is 0.337 e. The lowest BCUT2D eigenvalue weighted by Gasteiger charge is -2.15. The van der Waals surface area contributed by atoms with Crippen LogP contribution in [-0.4, -0.2) is 19.5 Å². The van der Waals surface area contributed by atoms with Crippen molar-refractivity contribution in [3.8, 4) is 0 Å². The Balaban J connectivity index is 2.53. The summed E-state index contributed by atoms with van der Waals surface area (Å²) in [6.07, 6.45) is 1.47. The molecule has 0 unspecified atom stereocenters. The zero-order valence-corrected chi connectivity index (χ0v) is 13.4. The molecule has 0 aliphatic carbocycles. The van der Waals surface area contributed by atoms with Crippen LogP contribution in [0.3, 0.4) is 0 Å². The number of carbonyl (C=O) groups is 1. The molecule has 0 fully saturated rings. The summed E-state index contributed by atoms with van der Waals surface area (Å²) in [5.41, 5.74) is -0.241. The summed E-state index contributed by atoms with van der Waals surface area (Å²) < 4.78 is 28.1. The molecule has 0 radical (unpaired) electrons. The van der Waals surface area contributed by atoms with E-state index in [0.717, 1.165) is 6.07 Å². The Hall–Kier alpha value is -1.68. The lowest BCUT2D eigenvalue weighted by atomic mass is 10.1. The molecule has 0 aliphatic rings. The highest BCUT2D eigenvalue weighted by Gasteiger charge is 2.24. The number of thiol groups is 1. The maximum atomic E-state index is 11.5. The molecule has 0 saturated carbocycles. The van der Waals surface area contributed by atoms with Gasteiger partial charge >= 0.3 is 5.97 Å². The first-order valence-corrected chi connectivity index (χ1v) is 8.16. The van der Waals surface area contributed by atoms with Gasteiger partial charge < -0.3 is 14.8 Å². The summed E-state index contributed by atoms with van der Waals surface area (Å²) in [7, 11) is -4.18. The Kier molecular flexibility index (Phi) is 4.71. The molecule has 0 atom stereocenters. The van der Waals surface area contributed by atoms with Crippen LogP contribution in [0.25, 0.3) is 0 Å². The molecule has 0 aliphatic heterocycles. The summed E-state index contributed by atoms with van der Waals surface area (Å²) in [5.74, 6) is -0.797. The fourth-order valence-electron chi connectivity index (χ4n) is 1.76. The number of sulfonamides is 1. The van der Waals surface area contributed by atoms with Crippen LogP contribution in [0.5, 0.6) is 0 Å². The van der Waals surface area contributed by atoms with E-state index in [9.17, 15) is 18.3 Å². The number of nitrogens with two attached hydrogens (primary N) is 1. The van der Waals surface area contributed by atoms with E-state index in [4.69, 9.17) is 21.2 Å². The van der Waals surface area contributed by atoms with E-state index in [2.05, 4.69) is 17.9 Å². The normalized spacial score (nSPS) is 11.4. The molecule has 10 heteroatoms. The molecule has 2 aromatic rings. The molecule has 118 valence electrons. The van der Waals surface area contributed by atoms with Crippen molar-refractivity contribution >= 4 is 45.9 Å². The van der Waals surface area contributed by atoms with Gasteiger partial charge in [-0.3, -0.25) is 0 Å². The van der Waals surface area contributed by atoms with Crippen LogP contribution < -0.4 is 10.5 Å². The van der Waals surface area contributed by atoms with Crippen LogP contribution in [0.15, 0.2) is 38.7 Å². The highest BCUT2D eigenvalue weighted by molar-refractivity contribution is 7.89. The van der Waals surface area contributed by atoms with Crippen LogP contribution >= 0.6 is 24.2 Å². The fraction of sp³-hybridized carbons (Fsp3) is 0.0833. The van der Waals surface area contributed by atoms with Crippen molar-refractivity contribution in [2.75, 3.05) is 5.32 Å². The Morgan fingerprint density at radius 2 is 2.18 bits per heavy atom.